The molecule has 0 aromatic carbocycles. The summed E-state index contributed by atoms with van der Waals surface area (Å²) in [6.07, 6.45) is 8.17. The molecular weight excluding hydrogens is 260 g/mol. The zero-order chi connectivity index (χ0) is 13.8. The van der Waals surface area contributed by atoms with Gasteiger partial charge in [0.15, 0.2) is 0 Å². The average Bonchev–Trinajstić information content (AvgIpc) is 2.37. The first-order valence-electron chi connectivity index (χ1n) is 6.87. The molecule has 2 unspecified atom stereocenters. The predicted octanol–water partition coefficient (Wildman–Crippen LogP) is 4.23. The maximum absolute atomic E-state index is 6.13. The Hall–Kier alpha value is -1.09. The Morgan fingerprint density at radius 3 is 2.74 bits per heavy atom. The van der Waals surface area contributed by atoms with E-state index in [1.165, 1.54) is 6.33 Å². The summed E-state index contributed by atoms with van der Waals surface area (Å²) in [7, 11) is 0. The summed E-state index contributed by atoms with van der Waals surface area (Å²) < 4.78 is 5.92. The molecule has 1 aromatic rings. The van der Waals surface area contributed by atoms with E-state index in [1.807, 2.05) is 0 Å². The van der Waals surface area contributed by atoms with Crippen molar-refractivity contribution < 1.29 is 4.74 Å². The van der Waals surface area contributed by atoms with Gasteiger partial charge in [-0.2, -0.15) is 0 Å². The summed E-state index contributed by atoms with van der Waals surface area (Å²) in [4.78, 5) is 8.27. The molecule has 1 aliphatic rings. The molecule has 0 amide bonds. The molecule has 0 spiro atoms. The van der Waals surface area contributed by atoms with E-state index in [0.29, 0.717) is 29.5 Å². The molecule has 0 N–H and O–H groups in total. The number of nitrogens with zero attached hydrogens (tertiary/aromatic N) is 2. The van der Waals surface area contributed by atoms with Crippen LogP contribution in [0.5, 0.6) is 5.88 Å². The Kier molecular flexibility index (Phi) is 4.81. The highest BCUT2D eigenvalue weighted by Gasteiger charge is 2.21. The SMILES string of the molecule is CC(C)c1c(Cl)ncnc1OCC1CC=CCC1C. The Morgan fingerprint density at radius 1 is 1.32 bits per heavy atom. The van der Waals surface area contributed by atoms with Gasteiger partial charge in [0.05, 0.1) is 12.2 Å². The minimum atomic E-state index is 0.257. The number of rotatable bonds is 4. The Labute approximate surface area is 120 Å². The zero-order valence-electron chi connectivity index (χ0n) is 11.8. The van der Waals surface area contributed by atoms with Crippen LogP contribution in [0.2, 0.25) is 5.15 Å². The summed E-state index contributed by atoms with van der Waals surface area (Å²) in [5.41, 5.74) is 0.906. The van der Waals surface area contributed by atoms with Gasteiger partial charge in [0.1, 0.15) is 11.5 Å². The van der Waals surface area contributed by atoms with Crippen LogP contribution in [0.4, 0.5) is 0 Å². The Bertz CT molecular complexity index is 459. The molecule has 4 heteroatoms. The van der Waals surface area contributed by atoms with Gasteiger partial charge in [0, 0.05) is 0 Å². The largest absolute Gasteiger partial charge is 0.477 e. The van der Waals surface area contributed by atoms with Crippen molar-refractivity contribution in [1.82, 2.24) is 9.97 Å². The normalized spacial score (nSPS) is 22.8. The third kappa shape index (κ3) is 3.47. The third-order valence-corrected chi connectivity index (χ3v) is 4.03. The lowest BCUT2D eigenvalue weighted by Crippen LogP contribution is -2.22. The smallest absolute Gasteiger partial charge is 0.221 e. The summed E-state index contributed by atoms with van der Waals surface area (Å²) in [5, 5.41) is 0.497. The summed E-state index contributed by atoms with van der Waals surface area (Å²) in [6, 6.07) is 0. The van der Waals surface area contributed by atoms with Crippen molar-refractivity contribution in [3.63, 3.8) is 0 Å². The van der Waals surface area contributed by atoms with Crippen LogP contribution in [0.1, 0.15) is 45.1 Å². The minimum absolute atomic E-state index is 0.257. The molecule has 0 saturated carbocycles. The zero-order valence-corrected chi connectivity index (χ0v) is 12.5. The first kappa shape index (κ1) is 14.3. The Balaban J connectivity index is 2.07. The first-order chi connectivity index (χ1) is 9.09. The van der Waals surface area contributed by atoms with Crippen LogP contribution in [-0.2, 0) is 0 Å². The van der Waals surface area contributed by atoms with E-state index >= 15 is 0 Å². The van der Waals surface area contributed by atoms with Gasteiger partial charge in [-0.3, -0.25) is 0 Å². The molecule has 0 aliphatic heterocycles. The molecule has 2 rings (SSSR count). The molecule has 3 nitrogen and oxygen atoms in total. The maximum atomic E-state index is 6.13. The number of hydrogen-bond donors (Lipinski definition) is 0. The van der Waals surface area contributed by atoms with Crippen LogP contribution < -0.4 is 4.74 Å². The average molecular weight is 281 g/mol. The second-order valence-electron chi connectivity index (χ2n) is 5.53. The quantitative estimate of drug-likeness (QED) is 0.611. The highest BCUT2D eigenvalue weighted by molar-refractivity contribution is 6.30. The lowest BCUT2D eigenvalue weighted by Gasteiger charge is -2.25. The van der Waals surface area contributed by atoms with Crippen molar-refractivity contribution in [2.45, 2.75) is 39.5 Å². The van der Waals surface area contributed by atoms with E-state index in [1.54, 1.807) is 0 Å². The standard InChI is InChI=1S/C15H21ClN2O/c1-10(2)13-14(16)17-9-18-15(13)19-8-12-7-5-4-6-11(12)3/h4-5,9-12H,6-8H2,1-3H3. The molecule has 19 heavy (non-hydrogen) atoms. The predicted molar refractivity (Wildman–Crippen MR) is 77.7 cm³/mol. The van der Waals surface area contributed by atoms with Crippen LogP contribution >= 0.6 is 11.6 Å². The van der Waals surface area contributed by atoms with Gasteiger partial charge in [0.2, 0.25) is 5.88 Å². The Morgan fingerprint density at radius 2 is 2.05 bits per heavy atom. The summed E-state index contributed by atoms with van der Waals surface area (Å²) in [5.74, 6) is 2.10. The minimum Gasteiger partial charge on any atom is -0.477 e. The maximum Gasteiger partial charge on any atom is 0.221 e. The van der Waals surface area contributed by atoms with Gasteiger partial charge in [-0.05, 0) is 30.6 Å². The molecule has 0 radical (unpaired) electrons. The van der Waals surface area contributed by atoms with E-state index in [9.17, 15) is 0 Å². The van der Waals surface area contributed by atoms with Crippen LogP contribution in [-0.4, -0.2) is 16.6 Å². The topological polar surface area (TPSA) is 35.0 Å². The van der Waals surface area contributed by atoms with Gasteiger partial charge in [0.25, 0.3) is 0 Å². The number of ether oxygens (including phenoxy) is 1. The monoisotopic (exact) mass is 280 g/mol. The second-order valence-corrected chi connectivity index (χ2v) is 5.89. The van der Waals surface area contributed by atoms with Crippen molar-refractivity contribution in [3.8, 4) is 5.88 Å². The fourth-order valence-electron chi connectivity index (χ4n) is 2.38. The van der Waals surface area contributed by atoms with Crippen LogP contribution in [0, 0.1) is 11.8 Å². The van der Waals surface area contributed by atoms with Gasteiger partial charge in [-0.15, -0.1) is 0 Å². The number of aromatic nitrogens is 2. The van der Waals surface area contributed by atoms with Gasteiger partial charge >= 0.3 is 0 Å². The summed E-state index contributed by atoms with van der Waals surface area (Å²) in [6.45, 7) is 7.11. The molecule has 104 valence electrons. The van der Waals surface area contributed by atoms with Crippen molar-refractivity contribution in [2.24, 2.45) is 11.8 Å². The highest BCUT2D eigenvalue weighted by atomic mass is 35.5. The van der Waals surface area contributed by atoms with E-state index in [4.69, 9.17) is 16.3 Å². The highest BCUT2D eigenvalue weighted by Crippen LogP contribution is 2.31. The molecule has 1 aliphatic carbocycles. The van der Waals surface area contributed by atoms with Crippen LogP contribution in [0.3, 0.4) is 0 Å². The lowest BCUT2D eigenvalue weighted by atomic mass is 9.85. The second kappa shape index (κ2) is 6.38. The molecule has 0 saturated heterocycles. The third-order valence-electron chi connectivity index (χ3n) is 3.73. The fourth-order valence-corrected chi connectivity index (χ4v) is 2.73. The molecule has 1 aromatic heterocycles. The number of halogens is 1. The lowest BCUT2D eigenvalue weighted by molar-refractivity contribution is 0.190. The van der Waals surface area contributed by atoms with E-state index in [-0.39, 0.29) is 5.92 Å². The summed E-state index contributed by atoms with van der Waals surface area (Å²) >= 11 is 6.13. The van der Waals surface area contributed by atoms with Gasteiger partial charge in [-0.1, -0.05) is 44.5 Å². The van der Waals surface area contributed by atoms with Gasteiger partial charge in [-0.25, -0.2) is 9.97 Å². The van der Waals surface area contributed by atoms with Crippen molar-refractivity contribution >= 4 is 11.6 Å². The van der Waals surface area contributed by atoms with E-state index in [0.717, 1.165) is 18.4 Å². The fraction of sp³-hybridized carbons (Fsp3) is 0.600. The van der Waals surface area contributed by atoms with Crippen LogP contribution in [0.15, 0.2) is 18.5 Å². The first-order valence-corrected chi connectivity index (χ1v) is 7.25. The molecular formula is C15H21ClN2O. The molecule has 1 heterocycles. The van der Waals surface area contributed by atoms with Gasteiger partial charge < -0.3 is 4.74 Å². The van der Waals surface area contributed by atoms with Crippen LogP contribution in [0.25, 0.3) is 0 Å². The van der Waals surface area contributed by atoms with Crippen molar-refractivity contribution in [2.75, 3.05) is 6.61 Å². The van der Waals surface area contributed by atoms with Crippen molar-refractivity contribution in [3.05, 3.63) is 29.2 Å². The van der Waals surface area contributed by atoms with E-state index < -0.39 is 0 Å². The molecule has 0 fully saturated rings. The number of hydrogen-bond acceptors (Lipinski definition) is 3. The van der Waals surface area contributed by atoms with E-state index in [2.05, 4.69) is 42.9 Å². The molecule has 2 atom stereocenters. The number of allylic oxidation sites excluding steroid dienone is 2. The van der Waals surface area contributed by atoms with Crippen molar-refractivity contribution in [1.29, 1.82) is 0 Å². The molecule has 0 bridgehead atoms.